The minimum Gasteiger partial charge on any atom is -0.299 e. The Balaban J connectivity index is 4.28. The summed E-state index contributed by atoms with van der Waals surface area (Å²) in [6.07, 6.45) is 4.90. The number of carbonyl (C=O) groups excluding carboxylic acids is 1. The highest BCUT2D eigenvalue weighted by Crippen LogP contribution is 2.25. The van der Waals surface area contributed by atoms with Gasteiger partial charge < -0.3 is 0 Å². The van der Waals surface area contributed by atoms with Crippen molar-refractivity contribution in [2.24, 2.45) is 11.3 Å². The zero-order valence-corrected chi connectivity index (χ0v) is 8.85. The molecule has 0 aliphatic heterocycles. The van der Waals surface area contributed by atoms with Gasteiger partial charge in [-0.3, -0.25) is 4.79 Å². The van der Waals surface area contributed by atoms with Gasteiger partial charge in [-0.25, -0.2) is 0 Å². The van der Waals surface area contributed by atoms with Gasteiger partial charge in [-0.2, -0.15) is 0 Å². The van der Waals surface area contributed by atoms with Crippen LogP contribution in [0.15, 0.2) is 12.2 Å². The number of Topliss-reactive ketones (excluding diaryl/α,β-unsaturated/α-hetero) is 1. The lowest BCUT2D eigenvalue weighted by Crippen LogP contribution is -2.27. The van der Waals surface area contributed by atoms with Crippen LogP contribution in [0.25, 0.3) is 0 Å². The standard InChI is InChI=1S/C11H20O/c1-6-7-8-11(4,5)10(12)9(2)3/h6-7,9H,8H2,1-5H3/b7-6+. The molecule has 0 amide bonds. The zero-order valence-electron chi connectivity index (χ0n) is 8.85. The lowest BCUT2D eigenvalue weighted by Gasteiger charge is -2.23. The summed E-state index contributed by atoms with van der Waals surface area (Å²) in [6.45, 7) is 9.92. The van der Waals surface area contributed by atoms with E-state index in [-0.39, 0.29) is 11.3 Å². The summed E-state index contributed by atoms with van der Waals surface area (Å²) >= 11 is 0. The Labute approximate surface area is 75.9 Å². The van der Waals surface area contributed by atoms with Gasteiger partial charge in [-0.15, -0.1) is 0 Å². The van der Waals surface area contributed by atoms with Crippen molar-refractivity contribution in [3.05, 3.63) is 12.2 Å². The number of allylic oxidation sites excluding steroid dienone is 2. The first-order valence-corrected chi connectivity index (χ1v) is 4.57. The van der Waals surface area contributed by atoms with Crippen molar-refractivity contribution < 1.29 is 4.79 Å². The molecule has 70 valence electrons. The number of carbonyl (C=O) groups is 1. The van der Waals surface area contributed by atoms with E-state index in [1.54, 1.807) is 0 Å². The second kappa shape index (κ2) is 4.44. The van der Waals surface area contributed by atoms with Crippen molar-refractivity contribution in [1.29, 1.82) is 0 Å². The van der Waals surface area contributed by atoms with E-state index in [0.29, 0.717) is 5.78 Å². The zero-order chi connectivity index (χ0) is 9.78. The topological polar surface area (TPSA) is 17.1 Å². The minimum absolute atomic E-state index is 0.144. The fourth-order valence-electron chi connectivity index (χ4n) is 1.29. The maximum absolute atomic E-state index is 11.6. The molecule has 0 N–H and O–H groups in total. The van der Waals surface area contributed by atoms with Crippen molar-refractivity contribution in [2.45, 2.75) is 41.0 Å². The highest BCUT2D eigenvalue weighted by atomic mass is 16.1. The Morgan fingerprint density at radius 1 is 1.42 bits per heavy atom. The summed E-state index contributed by atoms with van der Waals surface area (Å²) < 4.78 is 0. The van der Waals surface area contributed by atoms with E-state index in [9.17, 15) is 4.79 Å². The number of ketones is 1. The van der Waals surface area contributed by atoms with Gasteiger partial charge >= 0.3 is 0 Å². The van der Waals surface area contributed by atoms with E-state index in [1.807, 2.05) is 40.7 Å². The summed E-state index contributed by atoms with van der Waals surface area (Å²) in [5.41, 5.74) is -0.194. The first-order chi connectivity index (χ1) is 5.41. The van der Waals surface area contributed by atoms with Crippen LogP contribution in [0, 0.1) is 11.3 Å². The molecule has 0 aromatic heterocycles. The second-order valence-corrected chi connectivity index (χ2v) is 4.18. The lowest BCUT2D eigenvalue weighted by molar-refractivity contribution is -0.130. The normalized spacial score (nSPS) is 12.8. The third-order valence-corrected chi connectivity index (χ3v) is 2.06. The molecule has 1 nitrogen and oxygen atoms in total. The summed E-state index contributed by atoms with van der Waals surface area (Å²) in [5, 5.41) is 0. The predicted octanol–water partition coefficient (Wildman–Crippen LogP) is 3.20. The van der Waals surface area contributed by atoms with E-state index in [1.165, 1.54) is 0 Å². The highest BCUT2D eigenvalue weighted by Gasteiger charge is 2.27. The smallest absolute Gasteiger partial charge is 0.141 e. The molecule has 0 aliphatic carbocycles. The molecule has 0 unspecified atom stereocenters. The number of hydrogen-bond donors (Lipinski definition) is 0. The third-order valence-electron chi connectivity index (χ3n) is 2.06. The molecule has 0 atom stereocenters. The van der Waals surface area contributed by atoms with Crippen LogP contribution in [-0.4, -0.2) is 5.78 Å². The molecule has 0 aliphatic rings. The van der Waals surface area contributed by atoms with Gasteiger partial charge in [0.1, 0.15) is 5.78 Å². The summed E-state index contributed by atoms with van der Waals surface area (Å²) in [4.78, 5) is 11.6. The second-order valence-electron chi connectivity index (χ2n) is 4.18. The van der Waals surface area contributed by atoms with Crippen LogP contribution in [0.3, 0.4) is 0 Å². The monoisotopic (exact) mass is 168 g/mol. The van der Waals surface area contributed by atoms with Crippen molar-refractivity contribution in [1.82, 2.24) is 0 Å². The first-order valence-electron chi connectivity index (χ1n) is 4.57. The van der Waals surface area contributed by atoms with Crippen LogP contribution in [0.5, 0.6) is 0 Å². The summed E-state index contributed by atoms with van der Waals surface area (Å²) in [5.74, 6) is 0.492. The molecular weight excluding hydrogens is 148 g/mol. The van der Waals surface area contributed by atoms with Crippen molar-refractivity contribution in [3.63, 3.8) is 0 Å². The van der Waals surface area contributed by atoms with Crippen LogP contribution in [-0.2, 0) is 4.79 Å². The fraction of sp³-hybridized carbons (Fsp3) is 0.727. The summed E-state index contributed by atoms with van der Waals surface area (Å²) in [7, 11) is 0. The van der Waals surface area contributed by atoms with Crippen LogP contribution < -0.4 is 0 Å². The first kappa shape index (κ1) is 11.4. The molecule has 0 rings (SSSR count). The molecule has 0 spiro atoms. The number of hydrogen-bond acceptors (Lipinski definition) is 1. The molecule has 0 radical (unpaired) electrons. The number of rotatable bonds is 4. The van der Waals surface area contributed by atoms with Gasteiger partial charge in [0.15, 0.2) is 0 Å². The van der Waals surface area contributed by atoms with Crippen LogP contribution >= 0.6 is 0 Å². The molecule has 0 fully saturated rings. The largest absolute Gasteiger partial charge is 0.299 e. The molecule has 0 saturated carbocycles. The third kappa shape index (κ3) is 3.21. The van der Waals surface area contributed by atoms with Crippen molar-refractivity contribution in [3.8, 4) is 0 Å². The van der Waals surface area contributed by atoms with Gasteiger partial charge in [0.25, 0.3) is 0 Å². The molecule has 0 aromatic carbocycles. The van der Waals surface area contributed by atoms with Gasteiger partial charge in [0.2, 0.25) is 0 Å². The maximum Gasteiger partial charge on any atom is 0.141 e. The quantitative estimate of drug-likeness (QED) is 0.589. The molecular formula is C11H20O. The van der Waals surface area contributed by atoms with Crippen LogP contribution in [0.1, 0.15) is 41.0 Å². The Morgan fingerprint density at radius 3 is 2.25 bits per heavy atom. The van der Waals surface area contributed by atoms with E-state index < -0.39 is 0 Å². The fourth-order valence-corrected chi connectivity index (χ4v) is 1.29. The van der Waals surface area contributed by atoms with Gasteiger partial charge in [0.05, 0.1) is 0 Å². The Bertz CT molecular complexity index is 175. The van der Waals surface area contributed by atoms with E-state index in [0.717, 1.165) is 6.42 Å². The lowest BCUT2D eigenvalue weighted by atomic mass is 9.80. The average Bonchev–Trinajstić information content (AvgIpc) is 1.99. The molecule has 0 aromatic rings. The molecule has 12 heavy (non-hydrogen) atoms. The molecule has 0 heterocycles. The Hall–Kier alpha value is -0.590. The van der Waals surface area contributed by atoms with Crippen LogP contribution in [0.2, 0.25) is 0 Å². The van der Waals surface area contributed by atoms with E-state index in [4.69, 9.17) is 0 Å². The maximum atomic E-state index is 11.6. The Morgan fingerprint density at radius 2 is 1.92 bits per heavy atom. The van der Waals surface area contributed by atoms with Crippen molar-refractivity contribution in [2.75, 3.05) is 0 Å². The molecule has 0 bridgehead atoms. The van der Waals surface area contributed by atoms with Gasteiger partial charge in [-0.1, -0.05) is 39.8 Å². The van der Waals surface area contributed by atoms with Crippen molar-refractivity contribution >= 4 is 5.78 Å². The summed E-state index contributed by atoms with van der Waals surface area (Å²) in [6, 6.07) is 0. The predicted molar refractivity (Wildman–Crippen MR) is 53.1 cm³/mol. The molecule has 1 heteroatoms. The van der Waals surface area contributed by atoms with Gasteiger partial charge in [0, 0.05) is 11.3 Å². The van der Waals surface area contributed by atoms with E-state index >= 15 is 0 Å². The Kier molecular flexibility index (Phi) is 4.22. The van der Waals surface area contributed by atoms with E-state index in [2.05, 4.69) is 6.08 Å². The SMILES string of the molecule is C/C=C/CC(C)(C)C(=O)C(C)C. The average molecular weight is 168 g/mol. The van der Waals surface area contributed by atoms with Crippen LogP contribution in [0.4, 0.5) is 0 Å². The molecule has 0 saturated heterocycles. The highest BCUT2D eigenvalue weighted by molar-refractivity contribution is 5.85. The van der Waals surface area contributed by atoms with Gasteiger partial charge in [-0.05, 0) is 13.3 Å². The minimum atomic E-state index is -0.194.